The molecule has 1 N–H and O–H groups in total. The number of nitrogens with one attached hydrogen (secondary N) is 1. The van der Waals surface area contributed by atoms with Gasteiger partial charge in [0.05, 0.1) is 5.52 Å². The average molecular weight is 475 g/mol. The van der Waals surface area contributed by atoms with E-state index in [1.165, 1.54) is 16.8 Å². The fourth-order valence-electron chi connectivity index (χ4n) is 4.15. The number of carbonyl (C=O) groups is 1. The summed E-state index contributed by atoms with van der Waals surface area (Å²) < 4.78 is 46.9. The van der Waals surface area contributed by atoms with Crippen LogP contribution in [-0.4, -0.2) is 51.9 Å². The molecule has 0 aliphatic carbocycles. The molecule has 4 rings (SSSR count). The maximum Gasteiger partial charge on any atom is 0.410 e. The van der Waals surface area contributed by atoms with Gasteiger partial charge in [-0.3, -0.25) is 4.68 Å². The van der Waals surface area contributed by atoms with E-state index in [0.29, 0.717) is 35.2 Å². The molecule has 0 bridgehead atoms. The van der Waals surface area contributed by atoms with E-state index in [2.05, 4.69) is 10.4 Å². The largest absolute Gasteiger partial charge is 0.444 e. The first-order chi connectivity index (χ1) is 16.1. The van der Waals surface area contributed by atoms with Gasteiger partial charge < -0.3 is 15.0 Å². The van der Waals surface area contributed by atoms with Crippen LogP contribution in [0.5, 0.6) is 0 Å². The second kappa shape index (κ2) is 9.56. The van der Waals surface area contributed by atoms with Crippen LogP contribution in [0, 0.1) is 5.82 Å². The monoisotopic (exact) mass is 474 g/mol. The van der Waals surface area contributed by atoms with E-state index in [4.69, 9.17) is 4.74 Å². The Hall–Kier alpha value is -3.23. The zero-order valence-corrected chi connectivity index (χ0v) is 19.5. The average Bonchev–Trinajstić information content (AvgIpc) is 3.10. The molecular weight excluding hydrogens is 445 g/mol. The number of aromatic nitrogens is 2. The van der Waals surface area contributed by atoms with Gasteiger partial charge in [0.2, 0.25) is 0 Å². The van der Waals surface area contributed by atoms with Gasteiger partial charge >= 0.3 is 6.09 Å². The first kappa shape index (κ1) is 23.9. The predicted octanol–water partition coefficient (Wildman–Crippen LogP) is 5.92. The normalized spacial score (nSPS) is 15.2. The molecule has 1 aliphatic rings. The Balaban J connectivity index is 1.52. The number of rotatable bonds is 5. The molecule has 0 atom stereocenters. The predicted molar refractivity (Wildman–Crippen MR) is 126 cm³/mol. The van der Waals surface area contributed by atoms with E-state index in [-0.39, 0.29) is 12.1 Å². The summed E-state index contributed by atoms with van der Waals surface area (Å²) in [6, 6.07) is 11.6. The van der Waals surface area contributed by atoms with Gasteiger partial charge in [-0.2, -0.15) is 5.10 Å². The third-order valence-electron chi connectivity index (χ3n) is 5.68. The topological polar surface area (TPSA) is 59.4 Å². The lowest BCUT2D eigenvalue weighted by atomic mass is 10.0. The van der Waals surface area contributed by atoms with Gasteiger partial charge in [-0.25, -0.2) is 18.0 Å². The van der Waals surface area contributed by atoms with E-state index < -0.39 is 24.4 Å². The third-order valence-corrected chi connectivity index (χ3v) is 5.68. The number of fused-ring (bicyclic) bond motifs is 1. The number of halogens is 3. The molecule has 34 heavy (non-hydrogen) atoms. The van der Waals surface area contributed by atoms with Crippen molar-refractivity contribution in [1.29, 1.82) is 0 Å². The van der Waals surface area contributed by atoms with E-state index >= 15 is 0 Å². The Morgan fingerprint density at radius 2 is 1.91 bits per heavy atom. The van der Waals surface area contributed by atoms with Crippen molar-refractivity contribution in [3.8, 4) is 11.3 Å². The van der Waals surface area contributed by atoms with Gasteiger partial charge in [0.25, 0.3) is 6.43 Å². The highest BCUT2D eigenvalue weighted by Gasteiger charge is 2.27. The summed E-state index contributed by atoms with van der Waals surface area (Å²) in [5, 5.41) is 8.50. The van der Waals surface area contributed by atoms with Gasteiger partial charge in [0, 0.05) is 35.8 Å². The van der Waals surface area contributed by atoms with Gasteiger partial charge in [-0.1, -0.05) is 12.1 Å². The maximum absolute atomic E-state index is 13.8. The highest BCUT2D eigenvalue weighted by molar-refractivity contribution is 5.95. The second-order valence-corrected chi connectivity index (χ2v) is 9.55. The molecule has 9 heteroatoms. The fourth-order valence-corrected chi connectivity index (χ4v) is 4.15. The van der Waals surface area contributed by atoms with Crippen LogP contribution in [0.3, 0.4) is 0 Å². The number of alkyl halides is 2. The van der Waals surface area contributed by atoms with Gasteiger partial charge in [0.15, 0.2) is 0 Å². The van der Waals surface area contributed by atoms with Crippen molar-refractivity contribution in [1.82, 2.24) is 14.7 Å². The highest BCUT2D eigenvalue weighted by atomic mass is 19.3. The van der Waals surface area contributed by atoms with E-state index in [9.17, 15) is 18.0 Å². The van der Waals surface area contributed by atoms with Crippen LogP contribution >= 0.6 is 0 Å². The Bertz CT molecular complexity index is 1160. The number of likely N-dealkylation sites (tertiary alicyclic amines) is 1. The Labute approximate surface area is 196 Å². The minimum atomic E-state index is -2.57. The summed E-state index contributed by atoms with van der Waals surface area (Å²) in [7, 11) is 0. The maximum atomic E-state index is 13.8. The van der Waals surface area contributed by atoms with Crippen molar-refractivity contribution in [2.24, 2.45) is 0 Å². The van der Waals surface area contributed by atoms with Crippen molar-refractivity contribution in [3.05, 3.63) is 48.3 Å². The second-order valence-electron chi connectivity index (χ2n) is 9.55. The Morgan fingerprint density at radius 3 is 2.56 bits per heavy atom. The zero-order valence-electron chi connectivity index (χ0n) is 19.5. The molecule has 1 amide bonds. The van der Waals surface area contributed by atoms with Crippen molar-refractivity contribution in [2.45, 2.75) is 58.2 Å². The summed E-state index contributed by atoms with van der Waals surface area (Å²) in [5.41, 5.74) is 1.80. The van der Waals surface area contributed by atoms with Gasteiger partial charge in [0.1, 0.15) is 23.7 Å². The molecule has 0 saturated carbocycles. The SMILES string of the molecule is CC(C)(C)OC(=O)N1CCC(Nc2ccc3c(-c4cccc(F)c4)nn(CC(F)F)c3c2)CC1. The van der Waals surface area contributed by atoms with Crippen molar-refractivity contribution in [2.75, 3.05) is 18.4 Å². The molecule has 0 radical (unpaired) electrons. The summed E-state index contributed by atoms with van der Waals surface area (Å²) in [6.45, 7) is 6.11. The van der Waals surface area contributed by atoms with Crippen LogP contribution in [0.15, 0.2) is 42.5 Å². The molecule has 0 spiro atoms. The molecular formula is C25H29F3N4O2. The van der Waals surface area contributed by atoms with Crippen LogP contribution < -0.4 is 5.32 Å². The summed E-state index contributed by atoms with van der Waals surface area (Å²) >= 11 is 0. The van der Waals surface area contributed by atoms with Gasteiger partial charge in [-0.15, -0.1) is 0 Å². The lowest BCUT2D eigenvalue weighted by Crippen LogP contribution is -2.44. The number of hydrogen-bond acceptors (Lipinski definition) is 4. The minimum absolute atomic E-state index is 0.130. The first-order valence-electron chi connectivity index (χ1n) is 11.4. The van der Waals surface area contributed by atoms with E-state index in [1.807, 2.05) is 32.9 Å². The van der Waals surface area contributed by atoms with Crippen LogP contribution in [0.1, 0.15) is 33.6 Å². The molecule has 1 fully saturated rings. The standard InChI is InChI=1S/C25H29F3N4O2/c1-25(2,3)34-24(33)31-11-9-18(10-12-31)29-19-7-8-20-21(14-19)32(15-22(27)28)30-23(20)16-5-4-6-17(26)13-16/h4-8,13-14,18,22,29H,9-12,15H2,1-3H3. The molecule has 1 aliphatic heterocycles. The van der Waals surface area contributed by atoms with Crippen molar-refractivity contribution < 1.29 is 22.7 Å². The number of ether oxygens (including phenoxy) is 1. The third kappa shape index (κ3) is 5.63. The molecule has 3 aromatic rings. The number of amides is 1. The number of carbonyl (C=O) groups excluding carboxylic acids is 1. The first-order valence-corrected chi connectivity index (χ1v) is 11.4. The van der Waals surface area contributed by atoms with Crippen LogP contribution in [-0.2, 0) is 11.3 Å². The van der Waals surface area contributed by atoms with Crippen LogP contribution in [0.25, 0.3) is 22.2 Å². The van der Waals surface area contributed by atoms with E-state index in [1.54, 1.807) is 23.1 Å². The minimum Gasteiger partial charge on any atom is -0.444 e. The van der Waals surface area contributed by atoms with Crippen molar-refractivity contribution in [3.63, 3.8) is 0 Å². The van der Waals surface area contributed by atoms with Crippen molar-refractivity contribution >= 4 is 22.7 Å². The summed E-state index contributed by atoms with van der Waals surface area (Å²) in [5.74, 6) is -0.412. The smallest absolute Gasteiger partial charge is 0.410 e. The summed E-state index contributed by atoms with van der Waals surface area (Å²) in [4.78, 5) is 14.0. The van der Waals surface area contributed by atoms with Crippen LogP contribution in [0.2, 0.25) is 0 Å². The zero-order chi connectivity index (χ0) is 24.5. The fraction of sp³-hybridized carbons (Fsp3) is 0.440. The lowest BCUT2D eigenvalue weighted by molar-refractivity contribution is 0.0210. The number of piperidine rings is 1. The number of benzene rings is 2. The highest BCUT2D eigenvalue weighted by Crippen LogP contribution is 2.31. The molecule has 2 aromatic carbocycles. The molecule has 2 heterocycles. The van der Waals surface area contributed by atoms with Crippen LogP contribution in [0.4, 0.5) is 23.7 Å². The molecule has 0 unspecified atom stereocenters. The lowest BCUT2D eigenvalue weighted by Gasteiger charge is -2.34. The summed E-state index contributed by atoms with van der Waals surface area (Å²) in [6.07, 6.45) is -1.41. The molecule has 182 valence electrons. The Kier molecular flexibility index (Phi) is 6.72. The van der Waals surface area contributed by atoms with E-state index in [0.717, 1.165) is 18.5 Å². The number of anilines is 1. The molecule has 1 aromatic heterocycles. The molecule has 6 nitrogen and oxygen atoms in total. The molecule has 1 saturated heterocycles. The number of nitrogens with zero attached hydrogens (tertiary/aromatic N) is 3. The van der Waals surface area contributed by atoms with Gasteiger partial charge in [-0.05, 0) is 63.9 Å². The Morgan fingerprint density at radius 1 is 1.18 bits per heavy atom. The quantitative estimate of drug-likeness (QED) is 0.499. The number of hydrogen-bond donors (Lipinski definition) is 1.